The average Bonchev–Trinajstić information content (AvgIpc) is 2.84. The minimum atomic E-state index is -0.324. The Kier molecular flexibility index (Phi) is 6.95. The van der Waals surface area contributed by atoms with Gasteiger partial charge in [0.05, 0.1) is 5.56 Å². The second kappa shape index (κ2) is 9.64. The number of esters is 1. The van der Waals surface area contributed by atoms with Crippen molar-refractivity contribution < 1.29 is 9.53 Å². The van der Waals surface area contributed by atoms with Gasteiger partial charge in [-0.15, -0.1) is 0 Å². The zero-order valence-corrected chi connectivity index (χ0v) is 22.2. The number of hydrogen-bond acceptors (Lipinski definition) is 2. The molecule has 2 unspecified atom stereocenters. The van der Waals surface area contributed by atoms with Crippen LogP contribution in [0.25, 0.3) is 0 Å². The molecular weight excluding hydrogens is 428 g/mol. The van der Waals surface area contributed by atoms with Crippen LogP contribution in [-0.4, -0.2) is 5.97 Å². The molecule has 0 N–H and O–H groups in total. The van der Waals surface area contributed by atoms with Crippen LogP contribution < -0.4 is 4.74 Å². The van der Waals surface area contributed by atoms with E-state index in [1.165, 1.54) is 23.1 Å². The minimum Gasteiger partial charge on any atom is -0.423 e. The minimum absolute atomic E-state index is 0.0575. The van der Waals surface area contributed by atoms with E-state index in [4.69, 9.17) is 4.74 Å². The second-order valence-corrected chi connectivity index (χ2v) is 12.0. The Balaban J connectivity index is 1.69. The van der Waals surface area contributed by atoms with Crippen LogP contribution in [0.3, 0.4) is 0 Å². The van der Waals surface area contributed by atoms with Crippen molar-refractivity contribution in [2.45, 2.75) is 78.1 Å². The molecule has 2 atom stereocenters. The number of carbonyl (C=O) groups is 1. The third kappa shape index (κ3) is 5.37. The fourth-order valence-corrected chi connectivity index (χ4v) is 6.20. The van der Waals surface area contributed by atoms with Crippen LogP contribution in [0.1, 0.15) is 94.3 Å². The molecule has 184 valence electrons. The van der Waals surface area contributed by atoms with Crippen molar-refractivity contribution in [1.82, 2.24) is 0 Å². The van der Waals surface area contributed by atoms with Crippen molar-refractivity contribution >= 4 is 5.97 Å². The fraction of sp³-hybridized carbons (Fsp3) is 0.424. The van der Waals surface area contributed by atoms with E-state index in [9.17, 15) is 4.79 Å². The summed E-state index contributed by atoms with van der Waals surface area (Å²) in [5, 5.41) is 0. The summed E-state index contributed by atoms with van der Waals surface area (Å²) in [6.07, 6.45) is 4.58. The van der Waals surface area contributed by atoms with Gasteiger partial charge in [-0.3, -0.25) is 0 Å². The molecule has 0 aromatic heterocycles. The normalized spacial score (nSPS) is 21.9. The Morgan fingerprint density at radius 3 is 2.00 bits per heavy atom. The summed E-state index contributed by atoms with van der Waals surface area (Å²) in [6.45, 7) is 14.1. The fourth-order valence-electron chi connectivity index (χ4n) is 6.20. The van der Waals surface area contributed by atoms with Crippen molar-refractivity contribution in [3.63, 3.8) is 0 Å². The van der Waals surface area contributed by atoms with Crippen LogP contribution in [0.15, 0.2) is 78.9 Å². The maximum Gasteiger partial charge on any atom is 0.343 e. The summed E-state index contributed by atoms with van der Waals surface area (Å²) in [7, 11) is 0. The first-order chi connectivity index (χ1) is 16.5. The summed E-state index contributed by atoms with van der Waals surface area (Å²) in [4.78, 5) is 12.5. The van der Waals surface area contributed by atoms with Gasteiger partial charge in [-0.1, -0.05) is 96.1 Å². The molecule has 2 nitrogen and oxygen atoms in total. The quantitative estimate of drug-likeness (QED) is 0.267. The van der Waals surface area contributed by atoms with E-state index in [2.05, 4.69) is 77.9 Å². The Hall–Kier alpha value is -2.87. The maximum atomic E-state index is 12.5. The molecule has 0 heterocycles. The van der Waals surface area contributed by atoms with Gasteiger partial charge in [0.1, 0.15) is 5.75 Å². The number of hydrogen-bond donors (Lipinski definition) is 0. The summed E-state index contributed by atoms with van der Waals surface area (Å²) in [5.41, 5.74) is 5.02. The van der Waals surface area contributed by atoms with Gasteiger partial charge in [-0.25, -0.2) is 4.79 Å². The lowest BCUT2D eigenvalue weighted by Gasteiger charge is -2.49. The number of ether oxygens (including phenoxy) is 1. The predicted octanol–water partition coefficient (Wildman–Crippen LogP) is 8.73. The van der Waals surface area contributed by atoms with Crippen LogP contribution in [0.5, 0.6) is 5.75 Å². The monoisotopic (exact) mass is 468 g/mol. The molecular formula is C33H40O2. The maximum absolute atomic E-state index is 12.5. The van der Waals surface area contributed by atoms with E-state index in [1.54, 1.807) is 12.1 Å². The zero-order valence-electron chi connectivity index (χ0n) is 22.2. The van der Waals surface area contributed by atoms with E-state index in [0.717, 1.165) is 19.3 Å². The largest absolute Gasteiger partial charge is 0.423 e. The van der Waals surface area contributed by atoms with E-state index in [0.29, 0.717) is 17.2 Å². The van der Waals surface area contributed by atoms with Crippen molar-refractivity contribution in [3.05, 3.63) is 101 Å². The predicted molar refractivity (Wildman–Crippen MR) is 145 cm³/mol. The highest BCUT2D eigenvalue weighted by molar-refractivity contribution is 5.90. The Morgan fingerprint density at radius 1 is 0.886 bits per heavy atom. The Morgan fingerprint density at radius 2 is 1.46 bits per heavy atom. The summed E-state index contributed by atoms with van der Waals surface area (Å²) in [5.74, 6) is 0.886. The van der Waals surface area contributed by atoms with Gasteiger partial charge < -0.3 is 4.74 Å². The van der Waals surface area contributed by atoms with Crippen LogP contribution in [-0.2, 0) is 10.8 Å². The number of rotatable bonds is 6. The third-order valence-electron chi connectivity index (χ3n) is 8.11. The van der Waals surface area contributed by atoms with Crippen molar-refractivity contribution in [3.8, 4) is 5.75 Å². The first-order valence-electron chi connectivity index (χ1n) is 13.0. The lowest BCUT2D eigenvalue weighted by atomic mass is 9.55. The lowest BCUT2D eigenvalue weighted by Crippen LogP contribution is -2.41. The molecule has 3 aromatic rings. The Labute approximate surface area is 211 Å². The van der Waals surface area contributed by atoms with E-state index in [1.807, 2.05) is 30.3 Å². The number of benzene rings is 3. The van der Waals surface area contributed by atoms with Crippen molar-refractivity contribution in [2.24, 2.45) is 11.3 Å². The second-order valence-electron chi connectivity index (χ2n) is 12.0. The van der Waals surface area contributed by atoms with Crippen molar-refractivity contribution in [2.75, 3.05) is 0 Å². The molecule has 0 radical (unpaired) electrons. The smallest absolute Gasteiger partial charge is 0.343 e. The van der Waals surface area contributed by atoms with Gasteiger partial charge in [0.15, 0.2) is 0 Å². The molecule has 1 aliphatic rings. The first kappa shape index (κ1) is 25.2. The van der Waals surface area contributed by atoms with Gasteiger partial charge in [0, 0.05) is 5.41 Å². The van der Waals surface area contributed by atoms with Crippen molar-refractivity contribution in [1.29, 1.82) is 0 Å². The summed E-state index contributed by atoms with van der Waals surface area (Å²) in [6, 6.07) is 26.8. The van der Waals surface area contributed by atoms with Crippen LogP contribution in [0, 0.1) is 11.3 Å². The molecule has 1 aliphatic carbocycles. The highest BCUT2D eigenvalue weighted by atomic mass is 16.5. The van der Waals surface area contributed by atoms with Crippen LogP contribution in [0.4, 0.5) is 0 Å². The highest BCUT2D eigenvalue weighted by Crippen LogP contribution is 2.53. The van der Waals surface area contributed by atoms with Gasteiger partial charge >= 0.3 is 5.97 Å². The van der Waals surface area contributed by atoms with Gasteiger partial charge in [-0.2, -0.15) is 0 Å². The standard InChI is InChI=1S/C33H40O2/c1-7-32(5,6)26-13-15-27(16-14-26)33(22-24(2)21-31(3,4)23-33)28-17-19-29(20-18-28)35-30(34)25-11-9-8-10-12-25/h8-20,24H,7,21-23H2,1-6H3. The Bertz CT molecular complexity index is 1140. The summed E-state index contributed by atoms with van der Waals surface area (Å²) >= 11 is 0. The van der Waals surface area contributed by atoms with E-state index >= 15 is 0 Å². The van der Waals surface area contributed by atoms with Crippen LogP contribution >= 0.6 is 0 Å². The average molecular weight is 469 g/mol. The topological polar surface area (TPSA) is 26.3 Å². The first-order valence-corrected chi connectivity index (χ1v) is 13.0. The molecule has 35 heavy (non-hydrogen) atoms. The van der Waals surface area contributed by atoms with Gasteiger partial charge in [-0.05, 0) is 83.4 Å². The molecule has 0 spiro atoms. The molecule has 0 bridgehead atoms. The van der Waals surface area contributed by atoms with Gasteiger partial charge in [0.2, 0.25) is 0 Å². The molecule has 4 rings (SSSR count). The number of carbonyl (C=O) groups excluding carboxylic acids is 1. The van der Waals surface area contributed by atoms with E-state index in [-0.39, 0.29) is 22.2 Å². The SMILES string of the molecule is CCC(C)(C)c1ccc(C2(c3ccc(OC(=O)c4ccccc4)cc3)CC(C)CC(C)(C)C2)cc1. The van der Waals surface area contributed by atoms with Crippen LogP contribution in [0.2, 0.25) is 0 Å². The van der Waals surface area contributed by atoms with Gasteiger partial charge in [0.25, 0.3) is 0 Å². The molecule has 2 heteroatoms. The lowest BCUT2D eigenvalue weighted by molar-refractivity contribution is 0.0734. The summed E-state index contributed by atoms with van der Waals surface area (Å²) < 4.78 is 5.67. The third-order valence-corrected chi connectivity index (χ3v) is 8.11. The highest BCUT2D eigenvalue weighted by Gasteiger charge is 2.45. The molecule has 1 saturated carbocycles. The van der Waals surface area contributed by atoms with E-state index < -0.39 is 0 Å². The molecule has 0 amide bonds. The molecule has 3 aromatic carbocycles. The molecule has 0 saturated heterocycles. The molecule has 1 fully saturated rings. The molecule has 0 aliphatic heterocycles. The zero-order chi connectivity index (χ0) is 25.3.